The molecule has 1 saturated heterocycles. The van der Waals surface area contributed by atoms with E-state index in [1.807, 2.05) is 54.0 Å². The number of para-hydroxylation sites is 1. The summed E-state index contributed by atoms with van der Waals surface area (Å²) in [5, 5.41) is 0. The highest BCUT2D eigenvalue weighted by Crippen LogP contribution is 2.30. The van der Waals surface area contributed by atoms with E-state index in [0.717, 1.165) is 23.3 Å². The summed E-state index contributed by atoms with van der Waals surface area (Å²) in [6.07, 6.45) is 5.46. The molecule has 2 bridgehead atoms. The van der Waals surface area contributed by atoms with Gasteiger partial charge in [0, 0.05) is 51.3 Å². The van der Waals surface area contributed by atoms with Gasteiger partial charge in [-0.15, -0.1) is 0 Å². The van der Waals surface area contributed by atoms with Gasteiger partial charge in [0.15, 0.2) is 0 Å². The molecule has 198 valence electrons. The van der Waals surface area contributed by atoms with Crippen molar-refractivity contribution in [3.05, 3.63) is 77.6 Å². The zero-order valence-corrected chi connectivity index (χ0v) is 21.9. The van der Waals surface area contributed by atoms with Gasteiger partial charge in [-0.2, -0.15) is 0 Å². The van der Waals surface area contributed by atoms with Crippen molar-refractivity contribution in [2.45, 2.75) is 39.8 Å². The number of hydrogen-bond donors (Lipinski definition) is 0. The molecule has 2 aromatic rings. The van der Waals surface area contributed by atoms with E-state index < -0.39 is 0 Å². The number of hydrogen-bond acceptors (Lipinski definition) is 4. The molecular formula is C30H38FN3O3. The van der Waals surface area contributed by atoms with Gasteiger partial charge in [0.25, 0.3) is 0 Å². The smallest absolute Gasteiger partial charge is 0.236 e. The second-order valence-electron chi connectivity index (χ2n) is 9.94. The van der Waals surface area contributed by atoms with Crippen molar-refractivity contribution >= 4 is 11.8 Å². The van der Waals surface area contributed by atoms with Crippen molar-refractivity contribution in [3.8, 4) is 5.75 Å². The fraction of sp³-hybridized carbons (Fsp3) is 0.467. The molecular weight excluding hydrogens is 469 g/mol. The minimum Gasteiger partial charge on any atom is -0.489 e. The second-order valence-corrected chi connectivity index (χ2v) is 9.94. The van der Waals surface area contributed by atoms with Gasteiger partial charge in [-0.25, -0.2) is 4.39 Å². The number of rotatable bonds is 6. The van der Waals surface area contributed by atoms with E-state index in [1.54, 1.807) is 12.1 Å². The molecule has 0 spiro atoms. The molecule has 2 atom stereocenters. The number of amides is 2. The molecule has 1 fully saturated rings. The average molecular weight is 508 g/mol. The summed E-state index contributed by atoms with van der Waals surface area (Å²) in [7, 11) is 0. The van der Waals surface area contributed by atoms with Crippen LogP contribution in [0.5, 0.6) is 5.75 Å². The lowest BCUT2D eigenvalue weighted by Crippen LogP contribution is -2.48. The van der Waals surface area contributed by atoms with E-state index in [1.165, 1.54) is 12.1 Å². The Labute approximate surface area is 219 Å². The van der Waals surface area contributed by atoms with Crippen LogP contribution in [0.3, 0.4) is 0 Å². The van der Waals surface area contributed by atoms with Crippen LogP contribution in [-0.2, 0) is 22.7 Å². The lowest BCUT2D eigenvalue weighted by molar-refractivity contribution is -0.136. The molecule has 0 aromatic heterocycles. The highest BCUT2D eigenvalue weighted by Gasteiger charge is 2.32. The first kappa shape index (κ1) is 26.9. The van der Waals surface area contributed by atoms with Gasteiger partial charge < -0.3 is 14.5 Å². The molecule has 0 saturated carbocycles. The number of nitrogens with zero attached hydrogens (tertiary/aromatic N) is 3. The van der Waals surface area contributed by atoms with E-state index in [2.05, 4.69) is 11.0 Å². The number of carbonyl (C=O) groups excluding carboxylic acids is 2. The van der Waals surface area contributed by atoms with Gasteiger partial charge in [-0.1, -0.05) is 42.5 Å². The van der Waals surface area contributed by atoms with Gasteiger partial charge in [-0.05, 0) is 55.9 Å². The minimum absolute atomic E-state index is 0.0756. The Morgan fingerprint density at radius 2 is 1.84 bits per heavy atom. The fourth-order valence-electron chi connectivity index (χ4n) is 5.35. The predicted octanol–water partition coefficient (Wildman–Crippen LogP) is 4.50. The Morgan fingerprint density at radius 3 is 2.59 bits per heavy atom. The Bertz CT molecular complexity index is 1080. The summed E-state index contributed by atoms with van der Waals surface area (Å²) in [5.41, 5.74) is 1.95. The summed E-state index contributed by atoms with van der Waals surface area (Å²) in [6.45, 7) is 8.44. The van der Waals surface area contributed by atoms with Crippen molar-refractivity contribution in [3.63, 3.8) is 0 Å². The third-order valence-electron chi connectivity index (χ3n) is 7.48. The largest absolute Gasteiger partial charge is 0.489 e. The zero-order valence-electron chi connectivity index (χ0n) is 21.9. The van der Waals surface area contributed by atoms with E-state index in [4.69, 9.17) is 4.74 Å². The first-order chi connectivity index (χ1) is 18.0. The first-order valence-electron chi connectivity index (χ1n) is 13.4. The Kier molecular flexibility index (Phi) is 9.34. The SMILES string of the molecule is CCN(CC)C(=O)C[C@@H]1CCN2C[C@@H]1/C=C/COc1ccccc1CN(Cc1ccc(F)cc1)CC2=O. The minimum atomic E-state index is -0.274. The molecule has 2 heterocycles. The Balaban J connectivity index is 1.56. The fourth-order valence-corrected chi connectivity index (χ4v) is 5.35. The molecule has 2 aromatic carbocycles. The van der Waals surface area contributed by atoms with Crippen molar-refractivity contribution in [2.75, 3.05) is 39.3 Å². The monoisotopic (exact) mass is 507 g/mol. The highest BCUT2D eigenvalue weighted by molar-refractivity contribution is 5.79. The van der Waals surface area contributed by atoms with Crippen LogP contribution in [0.4, 0.5) is 4.39 Å². The second kappa shape index (κ2) is 12.9. The summed E-state index contributed by atoms with van der Waals surface area (Å²) in [4.78, 5) is 32.3. The predicted molar refractivity (Wildman–Crippen MR) is 142 cm³/mol. The van der Waals surface area contributed by atoms with E-state index in [-0.39, 0.29) is 36.0 Å². The molecule has 2 amide bonds. The maximum absolute atomic E-state index is 13.5. The summed E-state index contributed by atoms with van der Waals surface area (Å²) in [5.74, 6) is 1.07. The van der Waals surface area contributed by atoms with E-state index in [9.17, 15) is 14.0 Å². The molecule has 0 radical (unpaired) electrons. The van der Waals surface area contributed by atoms with Crippen LogP contribution in [0.2, 0.25) is 0 Å². The van der Waals surface area contributed by atoms with E-state index in [0.29, 0.717) is 52.3 Å². The number of ether oxygens (including phenoxy) is 1. The van der Waals surface area contributed by atoms with Gasteiger partial charge in [0.1, 0.15) is 18.2 Å². The van der Waals surface area contributed by atoms with Crippen LogP contribution in [0.1, 0.15) is 37.8 Å². The van der Waals surface area contributed by atoms with Crippen LogP contribution < -0.4 is 4.74 Å². The first-order valence-corrected chi connectivity index (χ1v) is 13.4. The summed E-state index contributed by atoms with van der Waals surface area (Å²) in [6, 6.07) is 14.3. The maximum atomic E-state index is 13.5. The van der Waals surface area contributed by atoms with Crippen LogP contribution in [0, 0.1) is 17.7 Å². The summed E-state index contributed by atoms with van der Waals surface area (Å²) >= 11 is 0. The number of fused-ring (bicyclic) bond motifs is 3. The molecule has 0 unspecified atom stereocenters. The lowest BCUT2D eigenvalue weighted by atomic mass is 9.82. The molecule has 2 aliphatic heterocycles. The van der Waals surface area contributed by atoms with Crippen molar-refractivity contribution in [2.24, 2.45) is 11.8 Å². The van der Waals surface area contributed by atoms with Crippen molar-refractivity contribution in [1.82, 2.24) is 14.7 Å². The quantitative estimate of drug-likeness (QED) is 0.541. The number of piperidine rings is 1. The van der Waals surface area contributed by atoms with Gasteiger partial charge in [0.05, 0.1) is 6.54 Å². The highest BCUT2D eigenvalue weighted by atomic mass is 19.1. The van der Waals surface area contributed by atoms with Gasteiger partial charge in [0.2, 0.25) is 11.8 Å². The Morgan fingerprint density at radius 1 is 1.08 bits per heavy atom. The van der Waals surface area contributed by atoms with Crippen LogP contribution in [0.25, 0.3) is 0 Å². The van der Waals surface area contributed by atoms with Crippen molar-refractivity contribution in [1.29, 1.82) is 0 Å². The molecule has 0 aliphatic carbocycles. The third kappa shape index (κ3) is 7.19. The van der Waals surface area contributed by atoms with Crippen LogP contribution in [0.15, 0.2) is 60.7 Å². The summed E-state index contributed by atoms with van der Waals surface area (Å²) < 4.78 is 19.6. The standard InChI is InChI=1S/C30H38FN3O3/c1-3-33(4-2)29(35)18-24-15-16-34-21-25(24)9-7-17-37-28-10-6-5-8-26(28)20-32(22-30(34)36)19-23-11-13-27(31)14-12-23/h5-14,24-25H,3-4,15-22H2,1-2H3/b9-7+/t24-,25-/m0/s1. The van der Waals surface area contributed by atoms with E-state index >= 15 is 0 Å². The van der Waals surface area contributed by atoms with Crippen LogP contribution in [-0.4, -0.2) is 65.8 Å². The lowest BCUT2D eigenvalue weighted by Gasteiger charge is -2.38. The molecule has 37 heavy (non-hydrogen) atoms. The normalized spacial score (nSPS) is 21.6. The van der Waals surface area contributed by atoms with Gasteiger partial charge in [-0.3, -0.25) is 14.5 Å². The number of halogens is 1. The maximum Gasteiger partial charge on any atom is 0.236 e. The average Bonchev–Trinajstić information content (AvgIpc) is 2.90. The van der Waals surface area contributed by atoms with Crippen LogP contribution >= 0.6 is 0 Å². The topological polar surface area (TPSA) is 53.1 Å². The zero-order chi connectivity index (χ0) is 26.2. The molecule has 6 nitrogen and oxygen atoms in total. The molecule has 0 N–H and O–H groups in total. The number of carbonyl (C=O) groups is 2. The number of benzene rings is 2. The Hall–Kier alpha value is -3.19. The third-order valence-corrected chi connectivity index (χ3v) is 7.48. The van der Waals surface area contributed by atoms with Gasteiger partial charge >= 0.3 is 0 Å². The molecule has 4 rings (SSSR count). The molecule has 7 heteroatoms. The van der Waals surface area contributed by atoms with Crippen molar-refractivity contribution < 1.29 is 18.7 Å². The molecule has 2 aliphatic rings.